The van der Waals surface area contributed by atoms with Crippen LogP contribution in [0.1, 0.15) is 11.1 Å². The van der Waals surface area contributed by atoms with Crippen LogP contribution in [-0.4, -0.2) is 7.25 Å². The van der Waals surface area contributed by atoms with Crippen molar-refractivity contribution in [3.63, 3.8) is 0 Å². The van der Waals surface area contributed by atoms with E-state index in [0.29, 0.717) is 0 Å². The highest BCUT2D eigenvalue weighted by molar-refractivity contribution is 7.60. The van der Waals surface area contributed by atoms with Gasteiger partial charge in [0.05, 0.1) is 0 Å². The second-order valence-electron chi connectivity index (χ2n) is 4.24. The van der Waals surface area contributed by atoms with Crippen LogP contribution in [0.2, 0.25) is 0 Å². The molecule has 112 valence electrons. The Kier molecular flexibility index (Phi) is 6.09. The summed E-state index contributed by atoms with van der Waals surface area (Å²) >= 11 is 3.84. The SMILES string of the molecule is C=CC([SH2+])(c1ccccc1)c1ccccc1.F[B-](F)(F)F. The van der Waals surface area contributed by atoms with Gasteiger partial charge in [-0.25, -0.2) is 0 Å². The summed E-state index contributed by atoms with van der Waals surface area (Å²) in [7, 11) is -6.00. The van der Waals surface area contributed by atoms with E-state index in [1.807, 2.05) is 42.5 Å². The molecular formula is C15H15BF4S. The molecule has 0 atom stereocenters. The summed E-state index contributed by atoms with van der Waals surface area (Å²) in [6.45, 7) is 3.94. The second-order valence-corrected chi connectivity index (χ2v) is 5.03. The molecule has 0 nitrogen and oxygen atoms in total. The van der Waals surface area contributed by atoms with Crippen LogP contribution in [0.25, 0.3) is 0 Å². The molecule has 2 aromatic carbocycles. The Bertz CT molecular complexity index is 509. The molecule has 0 aliphatic carbocycles. The largest absolute Gasteiger partial charge is 0.673 e. The maximum Gasteiger partial charge on any atom is 0.673 e. The second kappa shape index (κ2) is 7.36. The van der Waals surface area contributed by atoms with Crippen LogP contribution in [0.4, 0.5) is 17.3 Å². The van der Waals surface area contributed by atoms with E-state index >= 15 is 0 Å². The minimum atomic E-state index is -6.00. The van der Waals surface area contributed by atoms with Crippen molar-refractivity contribution in [2.75, 3.05) is 0 Å². The predicted molar refractivity (Wildman–Crippen MR) is 84.2 cm³/mol. The number of rotatable bonds is 3. The molecule has 0 fully saturated rings. The quantitative estimate of drug-likeness (QED) is 0.340. The van der Waals surface area contributed by atoms with Crippen molar-refractivity contribution in [1.29, 1.82) is 0 Å². The molecule has 21 heavy (non-hydrogen) atoms. The highest BCUT2D eigenvalue weighted by atomic mass is 32.1. The number of hydrogen-bond donors (Lipinski definition) is 0. The fourth-order valence-corrected chi connectivity index (χ4v) is 2.14. The zero-order valence-corrected chi connectivity index (χ0v) is 12.1. The summed E-state index contributed by atoms with van der Waals surface area (Å²) < 4.78 is 38.7. The van der Waals surface area contributed by atoms with Gasteiger partial charge in [-0.05, 0) is 18.7 Å². The van der Waals surface area contributed by atoms with Crippen molar-refractivity contribution in [2.24, 2.45) is 0 Å². The summed E-state index contributed by atoms with van der Waals surface area (Å²) in [5.74, 6) is 0. The molecule has 0 unspecified atom stereocenters. The molecule has 0 aromatic heterocycles. The highest BCUT2D eigenvalue weighted by Gasteiger charge is 2.32. The Labute approximate surface area is 127 Å². The van der Waals surface area contributed by atoms with Gasteiger partial charge in [-0.15, -0.1) is 0 Å². The van der Waals surface area contributed by atoms with Crippen LogP contribution in [0.15, 0.2) is 73.3 Å². The fraction of sp³-hybridized carbons (Fsp3) is 0.0667. The first-order chi connectivity index (χ1) is 9.77. The number of hydrogen-bond acceptors (Lipinski definition) is 0. The van der Waals surface area contributed by atoms with E-state index in [1.54, 1.807) is 0 Å². The molecule has 2 rings (SSSR count). The van der Waals surface area contributed by atoms with Gasteiger partial charge in [0.1, 0.15) is 0 Å². The molecular weight excluding hydrogens is 299 g/mol. The van der Waals surface area contributed by atoms with E-state index in [9.17, 15) is 17.3 Å². The van der Waals surface area contributed by atoms with Gasteiger partial charge in [0.25, 0.3) is 0 Å². The summed E-state index contributed by atoms with van der Waals surface area (Å²) in [6, 6.07) is 20.6. The molecule has 0 amide bonds. The lowest BCUT2D eigenvalue weighted by molar-refractivity contribution is 0.368. The average Bonchev–Trinajstić information content (AvgIpc) is 2.46. The van der Waals surface area contributed by atoms with Gasteiger partial charge in [0.2, 0.25) is 0 Å². The molecule has 0 N–H and O–H groups in total. The molecule has 0 heterocycles. The molecule has 0 saturated carbocycles. The Hall–Kier alpha value is -1.69. The lowest BCUT2D eigenvalue weighted by Crippen LogP contribution is -2.21. The monoisotopic (exact) mass is 314 g/mol. The third-order valence-corrected chi connectivity index (χ3v) is 3.55. The van der Waals surface area contributed by atoms with Gasteiger partial charge in [-0.3, -0.25) is 0 Å². The number of halogens is 4. The van der Waals surface area contributed by atoms with Crippen molar-refractivity contribution < 1.29 is 17.3 Å². The van der Waals surface area contributed by atoms with Gasteiger partial charge in [-0.2, -0.15) is 0 Å². The molecule has 0 saturated heterocycles. The predicted octanol–water partition coefficient (Wildman–Crippen LogP) is 4.43. The van der Waals surface area contributed by atoms with Gasteiger partial charge < -0.3 is 17.3 Å². The van der Waals surface area contributed by atoms with Crippen LogP contribution in [-0.2, 0) is 17.4 Å². The lowest BCUT2D eigenvalue weighted by Gasteiger charge is -2.19. The standard InChI is InChI=1S/C15H14S.BF4/c1-2-15(16,13-9-5-3-6-10-13)14-11-7-4-8-12-14;2-1(3,4)5/h2-12,16H,1H2;/q;-1/p+1. The normalized spacial score (nSPS) is 11.3. The Morgan fingerprint density at radius 3 is 1.33 bits per heavy atom. The smallest absolute Gasteiger partial charge is 0.418 e. The minimum Gasteiger partial charge on any atom is -0.418 e. The Morgan fingerprint density at radius 2 is 1.10 bits per heavy atom. The van der Waals surface area contributed by atoms with Gasteiger partial charge in [0, 0.05) is 11.1 Å². The van der Waals surface area contributed by atoms with E-state index in [4.69, 9.17) is 0 Å². The first kappa shape index (κ1) is 17.4. The zero-order chi connectivity index (χ0) is 15.9. The molecule has 6 heteroatoms. The van der Waals surface area contributed by atoms with Crippen molar-refractivity contribution in [3.05, 3.63) is 84.4 Å². The summed E-state index contributed by atoms with van der Waals surface area (Å²) in [5, 5.41) is 0. The maximum absolute atomic E-state index is 9.75. The topological polar surface area (TPSA) is 0 Å². The zero-order valence-electron chi connectivity index (χ0n) is 11.1. The summed E-state index contributed by atoms with van der Waals surface area (Å²) in [4.78, 5) is 0. The summed E-state index contributed by atoms with van der Waals surface area (Å²) in [5.41, 5.74) is 2.38. The lowest BCUT2D eigenvalue weighted by atomic mass is 9.90. The third-order valence-electron chi connectivity index (χ3n) is 2.76. The van der Waals surface area contributed by atoms with Crippen molar-refractivity contribution in [2.45, 2.75) is 4.75 Å². The van der Waals surface area contributed by atoms with E-state index in [0.717, 1.165) is 0 Å². The molecule has 0 radical (unpaired) electrons. The van der Waals surface area contributed by atoms with Crippen LogP contribution in [0.3, 0.4) is 0 Å². The highest BCUT2D eigenvalue weighted by Crippen LogP contribution is 2.31. The van der Waals surface area contributed by atoms with Gasteiger partial charge in [0.15, 0.2) is 4.75 Å². The molecule has 0 aliphatic heterocycles. The first-order valence-corrected chi connectivity index (χ1v) is 6.64. The molecule has 0 bridgehead atoms. The first-order valence-electron chi connectivity index (χ1n) is 6.14. The van der Waals surface area contributed by atoms with E-state index in [1.165, 1.54) is 11.1 Å². The summed E-state index contributed by atoms with van der Waals surface area (Å²) in [6.07, 6.45) is 1.93. The molecule has 0 spiro atoms. The number of benzene rings is 2. The van der Waals surface area contributed by atoms with Crippen LogP contribution in [0.5, 0.6) is 0 Å². The third kappa shape index (κ3) is 5.67. The maximum atomic E-state index is 9.75. The fourth-order valence-electron chi connectivity index (χ4n) is 1.80. The Morgan fingerprint density at radius 1 is 0.810 bits per heavy atom. The Balaban J connectivity index is 0.000000383. The van der Waals surface area contributed by atoms with Crippen LogP contribution in [0, 0.1) is 0 Å². The van der Waals surface area contributed by atoms with Crippen molar-refractivity contribution in [3.8, 4) is 0 Å². The van der Waals surface area contributed by atoms with Crippen molar-refractivity contribution in [1.82, 2.24) is 0 Å². The van der Waals surface area contributed by atoms with Crippen LogP contribution >= 0.6 is 0 Å². The van der Waals surface area contributed by atoms with Crippen LogP contribution < -0.4 is 0 Å². The molecule has 0 aliphatic rings. The van der Waals surface area contributed by atoms with Gasteiger partial charge in [-0.1, -0.05) is 67.2 Å². The van der Waals surface area contributed by atoms with Gasteiger partial charge >= 0.3 is 7.25 Å². The molecule has 2 aromatic rings. The minimum absolute atomic E-state index is 0.303. The average molecular weight is 314 g/mol. The van der Waals surface area contributed by atoms with Crippen molar-refractivity contribution >= 4 is 19.9 Å². The van der Waals surface area contributed by atoms with E-state index < -0.39 is 7.25 Å². The van der Waals surface area contributed by atoms with E-state index in [2.05, 4.69) is 43.5 Å². The van der Waals surface area contributed by atoms with E-state index in [-0.39, 0.29) is 4.75 Å².